The molecule has 1 aromatic rings. The van der Waals surface area contributed by atoms with Gasteiger partial charge in [-0.05, 0) is 31.2 Å². The van der Waals surface area contributed by atoms with E-state index in [0.29, 0.717) is 6.04 Å². The summed E-state index contributed by atoms with van der Waals surface area (Å²) >= 11 is 1.97. The zero-order valence-electron chi connectivity index (χ0n) is 10.9. The molecule has 2 aliphatic rings. The molecule has 3 nitrogen and oxygen atoms in total. The van der Waals surface area contributed by atoms with Crippen LogP contribution in [0.25, 0.3) is 0 Å². The molecule has 0 amide bonds. The first-order chi connectivity index (χ1) is 8.83. The van der Waals surface area contributed by atoms with Gasteiger partial charge in [0.05, 0.1) is 0 Å². The van der Waals surface area contributed by atoms with Gasteiger partial charge < -0.3 is 15.5 Å². The number of fused-ring (bicyclic) bond motifs is 1. The molecule has 0 aliphatic carbocycles. The maximum Gasteiger partial charge on any atom is 0.0478 e. The highest BCUT2D eigenvalue weighted by molar-refractivity contribution is 7.99. The second-order valence-corrected chi connectivity index (χ2v) is 6.29. The lowest BCUT2D eigenvalue weighted by molar-refractivity contribution is 0.199. The Morgan fingerprint density at radius 2 is 2.33 bits per heavy atom. The van der Waals surface area contributed by atoms with Crippen molar-refractivity contribution in [2.45, 2.75) is 17.4 Å². The van der Waals surface area contributed by atoms with Gasteiger partial charge in [0.25, 0.3) is 0 Å². The standard InChI is InChI=1S/C14H21N3S/c1-17-6-4-15-10-12(17)8-11-2-3-13-14(9-11)18-7-5-16-13/h2-3,9,12,15-16H,4-8,10H2,1H3. The molecule has 0 bridgehead atoms. The molecule has 3 rings (SSSR count). The zero-order chi connectivity index (χ0) is 12.4. The highest BCUT2D eigenvalue weighted by Crippen LogP contribution is 2.31. The third-order valence-corrected chi connectivity index (χ3v) is 4.89. The van der Waals surface area contributed by atoms with Crippen molar-refractivity contribution in [3.05, 3.63) is 23.8 Å². The summed E-state index contributed by atoms with van der Waals surface area (Å²) in [5, 5.41) is 6.95. The van der Waals surface area contributed by atoms with Crippen molar-refractivity contribution in [1.82, 2.24) is 10.2 Å². The van der Waals surface area contributed by atoms with E-state index in [1.807, 2.05) is 11.8 Å². The van der Waals surface area contributed by atoms with Crippen LogP contribution < -0.4 is 10.6 Å². The second kappa shape index (κ2) is 5.51. The van der Waals surface area contributed by atoms with E-state index in [1.165, 1.54) is 21.9 Å². The fourth-order valence-electron chi connectivity index (χ4n) is 2.67. The van der Waals surface area contributed by atoms with E-state index in [0.717, 1.165) is 32.6 Å². The summed E-state index contributed by atoms with van der Waals surface area (Å²) in [5.41, 5.74) is 2.77. The quantitative estimate of drug-likeness (QED) is 0.848. The number of likely N-dealkylation sites (N-methyl/N-ethyl adjacent to an activating group) is 1. The minimum Gasteiger partial charge on any atom is -0.383 e. The van der Waals surface area contributed by atoms with Crippen LogP contribution in [0, 0.1) is 0 Å². The molecule has 1 saturated heterocycles. The van der Waals surface area contributed by atoms with E-state index >= 15 is 0 Å². The molecule has 0 radical (unpaired) electrons. The molecule has 0 spiro atoms. The Kier molecular flexibility index (Phi) is 3.77. The predicted octanol–water partition coefficient (Wildman–Crippen LogP) is 1.65. The maximum atomic E-state index is 3.49. The van der Waals surface area contributed by atoms with Crippen molar-refractivity contribution < 1.29 is 0 Å². The van der Waals surface area contributed by atoms with Crippen LogP contribution in [0.3, 0.4) is 0 Å². The smallest absolute Gasteiger partial charge is 0.0478 e. The zero-order valence-corrected chi connectivity index (χ0v) is 11.7. The highest BCUT2D eigenvalue weighted by Gasteiger charge is 2.19. The predicted molar refractivity (Wildman–Crippen MR) is 78.6 cm³/mol. The van der Waals surface area contributed by atoms with Crippen LogP contribution in [0.5, 0.6) is 0 Å². The highest BCUT2D eigenvalue weighted by atomic mass is 32.2. The molecule has 1 fully saturated rings. The maximum absolute atomic E-state index is 3.49. The van der Waals surface area contributed by atoms with E-state index in [4.69, 9.17) is 0 Å². The molecule has 0 saturated carbocycles. The van der Waals surface area contributed by atoms with Crippen LogP contribution in [-0.4, -0.2) is 49.9 Å². The summed E-state index contributed by atoms with van der Waals surface area (Å²) in [7, 11) is 2.24. The summed E-state index contributed by atoms with van der Waals surface area (Å²) < 4.78 is 0. The van der Waals surface area contributed by atoms with Crippen LogP contribution >= 0.6 is 11.8 Å². The van der Waals surface area contributed by atoms with Gasteiger partial charge in [0.2, 0.25) is 0 Å². The molecule has 1 unspecified atom stereocenters. The van der Waals surface area contributed by atoms with E-state index in [1.54, 1.807) is 0 Å². The molecule has 1 atom stereocenters. The van der Waals surface area contributed by atoms with Gasteiger partial charge >= 0.3 is 0 Å². The first kappa shape index (κ1) is 12.3. The van der Waals surface area contributed by atoms with Gasteiger partial charge in [-0.3, -0.25) is 0 Å². The number of nitrogens with zero attached hydrogens (tertiary/aromatic N) is 1. The average molecular weight is 263 g/mol. The van der Waals surface area contributed by atoms with Crippen LogP contribution in [0.1, 0.15) is 5.56 Å². The first-order valence-electron chi connectivity index (χ1n) is 6.73. The van der Waals surface area contributed by atoms with Crippen molar-refractivity contribution in [3.63, 3.8) is 0 Å². The Bertz CT molecular complexity index is 422. The molecular weight excluding hydrogens is 242 g/mol. The lowest BCUT2D eigenvalue weighted by Crippen LogP contribution is -2.50. The van der Waals surface area contributed by atoms with E-state index in [-0.39, 0.29) is 0 Å². The largest absolute Gasteiger partial charge is 0.383 e. The van der Waals surface area contributed by atoms with Gasteiger partial charge in [0, 0.05) is 48.6 Å². The van der Waals surface area contributed by atoms with Crippen molar-refractivity contribution in [2.75, 3.05) is 44.3 Å². The van der Waals surface area contributed by atoms with Crippen LogP contribution in [0.15, 0.2) is 23.1 Å². The number of anilines is 1. The fraction of sp³-hybridized carbons (Fsp3) is 0.571. The van der Waals surface area contributed by atoms with E-state index < -0.39 is 0 Å². The summed E-state index contributed by atoms with van der Waals surface area (Å²) in [4.78, 5) is 3.90. The number of benzene rings is 1. The van der Waals surface area contributed by atoms with Crippen molar-refractivity contribution in [3.8, 4) is 0 Å². The normalized spacial score (nSPS) is 24.4. The van der Waals surface area contributed by atoms with Crippen molar-refractivity contribution in [2.24, 2.45) is 0 Å². The number of hydrogen-bond donors (Lipinski definition) is 2. The lowest BCUT2D eigenvalue weighted by atomic mass is 10.0. The number of thioether (sulfide) groups is 1. The van der Waals surface area contributed by atoms with Crippen LogP contribution in [0.2, 0.25) is 0 Å². The number of piperazine rings is 1. The summed E-state index contributed by atoms with van der Waals surface area (Å²) in [5.74, 6) is 1.18. The third-order valence-electron chi connectivity index (χ3n) is 3.84. The Hall–Kier alpha value is -0.710. The van der Waals surface area contributed by atoms with E-state index in [9.17, 15) is 0 Å². The molecule has 1 aromatic carbocycles. The minimum atomic E-state index is 0.637. The molecule has 18 heavy (non-hydrogen) atoms. The molecule has 2 N–H and O–H groups in total. The van der Waals surface area contributed by atoms with Gasteiger partial charge in [-0.2, -0.15) is 0 Å². The van der Waals surface area contributed by atoms with Gasteiger partial charge in [0.1, 0.15) is 0 Å². The molecule has 0 aromatic heterocycles. The van der Waals surface area contributed by atoms with Crippen molar-refractivity contribution >= 4 is 17.4 Å². The van der Waals surface area contributed by atoms with Gasteiger partial charge in [-0.1, -0.05) is 6.07 Å². The Morgan fingerprint density at radius 3 is 3.22 bits per heavy atom. The second-order valence-electron chi connectivity index (χ2n) is 5.15. The molecule has 4 heteroatoms. The molecule has 98 valence electrons. The average Bonchev–Trinajstić information content (AvgIpc) is 2.41. The SMILES string of the molecule is CN1CCNCC1Cc1ccc2c(c1)SCCN2. The van der Waals surface area contributed by atoms with Crippen LogP contribution in [0.4, 0.5) is 5.69 Å². The Labute approximate surface area is 113 Å². The Balaban J connectivity index is 1.72. The fourth-order valence-corrected chi connectivity index (χ4v) is 3.62. The first-order valence-corrected chi connectivity index (χ1v) is 7.72. The number of nitrogens with one attached hydrogen (secondary N) is 2. The van der Waals surface area contributed by atoms with Gasteiger partial charge in [0.15, 0.2) is 0 Å². The lowest BCUT2D eigenvalue weighted by Gasteiger charge is -2.33. The van der Waals surface area contributed by atoms with Crippen molar-refractivity contribution in [1.29, 1.82) is 0 Å². The number of rotatable bonds is 2. The molecule has 2 heterocycles. The molecule has 2 aliphatic heterocycles. The number of hydrogen-bond acceptors (Lipinski definition) is 4. The summed E-state index contributed by atoms with van der Waals surface area (Å²) in [6.45, 7) is 4.48. The van der Waals surface area contributed by atoms with Gasteiger partial charge in [-0.25, -0.2) is 0 Å². The van der Waals surface area contributed by atoms with E-state index in [2.05, 4.69) is 40.8 Å². The summed E-state index contributed by atoms with van der Waals surface area (Å²) in [6, 6.07) is 7.53. The Morgan fingerprint density at radius 1 is 1.39 bits per heavy atom. The van der Waals surface area contributed by atoms with Gasteiger partial charge in [-0.15, -0.1) is 11.8 Å². The molecular formula is C14H21N3S. The summed E-state index contributed by atoms with van der Waals surface area (Å²) in [6.07, 6.45) is 1.15. The van der Waals surface area contributed by atoms with Crippen LogP contribution in [-0.2, 0) is 6.42 Å². The monoisotopic (exact) mass is 263 g/mol. The third kappa shape index (κ3) is 2.66. The minimum absolute atomic E-state index is 0.637. The topological polar surface area (TPSA) is 27.3 Å².